The van der Waals surface area contributed by atoms with Gasteiger partial charge in [0, 0.05) is 28.3 Å². The lowest BCUT2D eigenvalue weighted by atomic mass is 9.80. The van der Waals surface area contributed by atoms with Gasteiger partial charge in [-0.1, -0.05) is 60.2 Å². The number of hydrogen-bond acceptors (Lipinski definition) is 5. The van der Waals surface area contributed by atoms with Crippen molar-refractivity contribution >= 4 is 40.0 Å². The number of carbonyl (C=O) groups excluding carboxylic acids is 2. The number of aryl methyl sites for hydroxylation is 1. The number of ether oxygens (including phenoxy) is 2. The van der Waals surface area contributed by atoms with Crippen LogP contribution >= 0.6 is 22.6 Å². The van der Waals surface area contributed by atoms with Crippen molar-refractivity contribution in [1.29, 1.82) is 0 Å². The largest absolute Gasteiger partial charge is 0.488 e. The van der Waals surface area contributed by atoms with Crippen molar-refractivity contribution in [2.45, 2.75) is 26.4 Å². The Hall–Kier alpha value is -3.39. The Balaban J connectivity index is 1.53. The summed E-state index contributed by atoms with van der Waals surface area (Å²) >= 11 is 2.24. The Kier molecular flexibility index (Phi) is 6.23. The summed E-state index contributed by atoms with van der Waals surface area (Å²) in [5.41, 5.74) is 7.08. The summed E-state index contributed by atoms with van der Waals surface area (Å²) in [6.45, 7) is 4.36. The van der Waals surface area contributed by atoms with E-state index in [0.717, 1.165) is 31.7 Å². The number of methoxy groups -OCH3 is 1. The number of esters is 1. The lowest BCUT2D eigenvalue weighted by molar-refractivity contribution is -0.136. The van der Waals surface area contributed by atoms with E-state index in [2.05, 4.69) is 59.1 Å². The first-order chi connectivity index (χ1) is 16.9. The number of ketones is 1. The Labute approximate surface area is 218 Å². The zero-order valence-corrected chi connectivity index (χ0v) is 21.8. The number of carbonyl (C=O) groups is 2. The molecule has 0 unspecified atom stereocenters. The van der Waals surface area contributed by atoms with Crippen molar-refractivity contribution in [1.82, 2.24) is 5.32 Å². The summed E-state index contributed by atoms with van der Waals surface area (Å²) in [5, 5.41) is 3.31. The second kappa shape index (κ2) is 9.34. The molecule has 1 N–H and O–H groups in total. The minimum Gasteiger partial charge on any atom is -0.488 e. The molecule has 0 amide bonds. The minimum absolute atomic E-state index is 0.0725. The van der Waals surface area contributed by atoms with Gasteiger partial charge in [0.2, 0.25) is 0 Å². The fourth-order valence-corrected chi connectivity index (χ4v) is 5.40. The van der Waals surface area contributed by atoms with E-state index in [1.54, 1.807) is 0 Å². The van der Waals surface area contributed by atoms with E-state index < -0.39 is 11.9 Å². The molecule has 0 bridgehead atoms. The molecule has 1 aliphatic carbocycles. The van der Waals surface area contributed by atoms with Crippen LogP contribution < -0.4 is 10.1 Å². The average molecular weight is 577 g/mol. The Morgan fingerprint density at radius 2 is 1.71 bits per heavy atom. The van der Waals surface area contributed by atoms with Gasteiger partial charge in [-0.2, -0.15) is 0 Å². The van der Waals surface area contributed by atoms with Crippen LogP contribution in [0.15, 0.2) is 83.6 Å². The van der Waals surface area contributed by atoms with Crippen molar-refractivity contribution in [3.05, 3.63) is 115 Å². The highest BCUT2D eigenvalue weighted by molar-refractivity contribution is 14.1. The van der Waals surface area contributed by atoms with Gasteiger partial charge in [-0.15, -0.1) is 0 Å². The van der Waals surface area contributed by atoms with Crippen LogP contribution in [0, 0.1) is 10.5 Å². The highest BCUT2D eigenvalue weighted by Crippen LogP contribution is 2.47. The topological polar surface area (TPSA) is 64.6 Å². The summed E-state index contributed by atoms with van der Waals surface area (Å²) in [4.78, 5) is 26.4. The highest BCUT2D eigenvalue weighted by Gasteiger charge is 2.42. The normalized spacial score (nSPS) is 16.6. The van der Waals surface area contributed by atoms with Gasteiger partial charge in [-0.3, -0.25) is 4.79 Å². The molecule has 35 heavy (non-hydrogen) atoms. The number of dihydropyridines is 1. The first kappa shape index (κ1) is 23.4. The zero-order valence-electron chi connectivity index (χ0n) is 19.6. The second-order valence-electron chi connectivity index (χ2n) is 8.72. The number of Topliss-reactive ketones (excluding diaryl/α,β-unsaturated/α-hetero) is 1. The Morgan fingerprint density at radius 1 is 1.00 bits per heavy atom. The summed E-state index contributed by atoms with van der Waals surface area (Å²) in [6.07, 6.45) is 0. The molecule has 0 saturated carbocycles. The quantitative estimate of drug-likeness (QED) is 0.302. The smallest absolute Gasteiger partial charge is 0.336 e. The molecule has 0 spiro atoms. The van der Waals surface area contributed by atoms with Crippen LogP contribution in [-0.2, 0) is 16.1 Å². The molecular formula is C29H24INO4. The van der Waals surface area contributed by atoms with Gasteiger partial charge >= 0.3 is 5.97 Å². The molecular weight excluding hydrogens is 553 g/mol. The van der Waals surface area contributed by atoms with E-state index >= 15 is 0 Å². The van der Waals surface area contributed by atoms with E-state index in [1.807, 2.05) is 49.4 Å². The third-order valence-electron chi connectivity index (χ3n) is 6.46. The van der Waals surface area contributed by atoms with Gasteiger partial charge < -0.3 is 14.8 Å². The average Bonchev–Trinajstić information content (AvgIpc) is 3.14. The van der Waals surface area contributed by atoms with Gasteiger partial charge in [0.25, 0.3) is 0 Å². The number of nitrogens with one attached hydrogen (secondary N) is 1. The van der Waals surface area contributed by atoms with Crippen LogP contribution in [-0.4, -0.2) is 18.9 Å². The molecule has 3 aromatic rings. The van der Waals surface area contributed by atoms with Crippen LogP contribution in [0.4, 0.5) is 0 Å². The molecule has 1 heterocycles. The molecule has 176 valence electrons. The number of halogens is 1. The number of hydrogen-bond donors (Lipinski definition) is 1. The lowest BCUT2D eigenvalue weighted by Gasteiger charge is -2.29. The molecule has 0 radical (unpaired) electrons. The van der Waals surface area contributed by atoms with Crippen molar-refractivity contribution in [2.24, 2.45) is 0 Å². The predicted octanol–water partition coefficient (Wildman–Crippen LogP) is 5.92. The van der Waals surface area contributed by atoms with Crippen molar-refractivity contribution in [2.75, 3.05) is 7.11 Å². The maximum Gasteiger partial charge on any atom is 0.336 e. The van der Waals surface area contributed by atoms with Crippen LogP contribution in [0.1, 0.15) is 45.5 Å². The molecule has 3 aromatic carbocycles. The molecule has 5 nitrogen and oxygen atoms in total. The standard InChI is InChI=1S/C29H24INO4/c1-16-8-10-18(11-9-16)15-35-23-13-12-19(14-22(23)30)25-24(29(33)34-3)17(2)31-27-20-6-4-5-7-21(20)28(32)26(25)27/h4-14,25,31H,15H2,1-3H3/t25-/m1/s1. The van der Waals surface area contributed by atoms with Gasteiger partial charge in [-0.05, 0) is 59.7 Å². The molecule has 0 saturated heterocycles. The molecule has 1 aliphatic heterocycles. The molecule has 2 aliphatic rings. The number of fused-ring (bicyclic) bond motifs is 2. The molecule has 6 heteroatoms. The molecule has 0 aromatic heterocycles. The molecule has 5 rings (SSSR count). The lowest BCUT2D eigenvalue weighted by Crippen LogP contribution is -2.29. The Bertz CT molecular complexity index is 1420. The maximum atomic E-state index is 13.5. The third-order valence-corrected chi connectivity index (χ3v) is 7.30. The summed E-state index contributed by atoms with van der Waals surface area (Å²) in [6, 6.07) is 21.6. The van der Waals surface area contributed by atoms with E-state index in [0.29, 0.717) is 29.0 Å². The molecule has 1 atom stereocenters. The highest BCUT2D eigenvalue weighted by atomic mass is 127. The summed E-state index contributed by atoms with van der Waals surface area (Å²) in [5.74, 6) is -0.320. The zero-order chi connectivity index (χ0) is 24.7. The van der Waals surface area contributed by atoms with Crippen LogP contribution in [0.3, 0.4) is 0 Å². The minimum atomic E-state index is -0.543. The monoisotopic (exact) mass is 577 g/mol. The van der Waals surface area contributed by atoms with Gasteiger partial charge in [0.1, 0.15) is 12.4 Å². The number of benzene rings is 3. The SMILES string of the molecule is COC(=O)C1=C(C)NC2=C(C(=O)c3ccccc32)[C@@H]1c1ccc(OCc2ccc(C)cc2)c(I)c1. The van der Waals surface area contributed by atoms with E-state index in [-0.39, 0.29) is 5.78 Å². The van der Waals surface area contributed by atoms with Gasteiger partial charge in [0.05, 0.1) is 22.0 Å². The fourth-order valence-electron chi connectivity index (χ4n) is 4.70. The van der Waals surface area contributed by atoms with Crippen LogP contribution in [0.2, 0.25) is 0 Å². The summed E-state index contributed by atoms with van der Waals surface area (Å²) in [7, 11) is 1.36. The maximum absolute atomic E-state index is 13.5. The van der Waals surface area contributed by atoms with Gasteiger partial charge in [0.15, 0.2) is 5.78 Å². The van der Waals surface area contributed by atoms with E-state index in [9.17, 15) is 9.59 Å². The first-order valence-electron chi connectivity index (χ1n) is 11.3. The second-order valence-corrected chi connectivity index (χ2v) is 9.88. The third kappa shape index (κ3) is 4.16. The predicted molar refractivity (Wildman–Crippen MR) is 143 cm³/mol. The van der Waals surface area contributed by atoms with Crippen LogP contribution in [0.5, 0.6) is 5.75 Å². The van der Waals surface area contributed by atoms with Crippen molar-refractivity contribution in [3.8, 4) is 5.75 Å². The summed E-state index contributed by atoms with van der Waals surface area (Å²) < 4.78 is 12.1. The number of allylic oxidation sites excluding steroid dienone is 2. The van der Waals surface area contributed by atoms with Crippen LogP contribution in [0.25, 0.3) is 5.70 Å². The van der Waals surface area contributed by atoms with Gasteiger partial charge in [-0.25, -0.2) is 4.79 Å². The van der Waals surface area contributed by atoms with Crippen molar-refractivity contribution < 1.29 is 19.1 Å². The fraction of sp³-hybridized carbons (Fsp3) is 0.172. The molecule has 0 fully saturated rings. The van der Waals surface area contributed by atoms with E-state index in [1.165, 1.54) is 12.7 Å². The first-order valence-corrected chi connectivity index (χ1v) is 12.4. The van der Waals surface area contributed by atoms with Crippen molar-refractivity contribution in [3.63, 3.8) is 0 Å². The number of rotatable bonds is 5. The van der Waals surface area contributed by atoms with E-state index in [4.69, 9.17) is 9.47 Å². The Morgan fingerprint density at radius 3 is 2.40 bits per heavy atom.